The van der Waals surface area contributed by atoms with Crippen molar-refractivity contribution in [1.82, 2.24) is 0 Å². The normalized spacial score (nSPS) is 21.6. The van der Waals surface area contributed by atoms with Crippen LogP contribution in [0.3, 0.4) is 0 Å². The molecule has 1 heterocycles. The Kier molecular flexibility index (Phi) is 5.89. The van der Waals surface area contributed by atoms with Crippen molar-refractivity contribution in [3.8, 4) is 0 Å². The van der Waals surface area contributed by atoms with Crippen LogP contribution in [0, 0.1) is 5.92 Å². The van der Waals surface area contributed by atoms with E-state index in [1.165, 1.54) is 0 Å². The van der Waals surface area contributed by atoms with E-state index < -0.39 is 16.9 Å². The van der Waals surface area contributed by atoms with Gasteiger partial charge >= 0.3 is 0 Å². The maximum absolute atomic E-state index is 14.7. The van der Waals surface area contributed by atoms with Gasteiger partial charge in [0.2, 0.25) is 0 Å². The Labute approximate surface area is 229 Å². The molecular formula is C35H30ClNO. The fraction of sp³-hybridized carbons (Fsp3) is 0.171. The lowest BCUT2D eigenvalue weighted by Crippen LogP contribution is -2.61. The second-order valence-corrected chi connectivity index (χ2v) is 11.2. The van der Waals surface area contributed by atoms with Crippen LogP contribution in [0.5, 0.6) is 0 Å². The fourth-order valence-corrected chi connectivity index (χ4v) is 6.78. The van der Waals surface area contributed by atoms with Crippen LogP contribution >= 0.6 is 11.6 Å². The molecule has 4 aromatic carbocycles. The molecule has 6 rings (SSSR count). The van der Waals surface area contributed by atoms with Crippen LogP contribution in [0.1, 0.15) is 40.9 Å². The maximum Gasteiger partial charge on any atom is 0.173 e. The van der Waals surface area contributed by atoms with Crippen LogP contribution in [-0.4, -0.2) is 18.4 Å². The number of likely N-dealkylation sites (N-methyl/N-ethyl adjacent to an activating group) is 1. The van der Waals surface area contributed by atoms with Gasteiger partial charge in [0.05, 0.1) is 11.5 Å². The number of nitrogens with zero attached hydrogens (tertiary/aromatic N) is 1. The zero-order valence-electron chi connectivity index (χ0n) is 21.9. The summed E-state index contributed by atoms with van der Waals surface area (Å²) in [6, 6.07) is 36.6. The number of rotatable bonds is 4. The van der Waals surface area contributed by atoms with Gasteiger partial charge in [-0.3, -0.25) is 4.79 Å². The van der Waals surface area contributed by atoms with E-state index in [1.807, 2.05) is 60.7 Å². The molecule has 3 heteroatoms. The van der Waals surface area contributed by atoms with Gasteiger partial charge in [0.1, 0.15) is 0 Å². The molecular weight excluding hydrogens is 486 g/mol. The minimum atomic E-state index is -0.683. The first kappa shape index (κ1) is 24.5. The van der Waals surface area contributed by atoms with Crippen molar-refractivity contribution in [2.24, 2.45) is 5.92 Å². The van der Waals surface area contributed by atoms with E-state index in [-0.39, 0.29) is 5.78 Å². The van der Waals surface area contributed by atoms with E-state index in [0.717, 1.165) is 33.5 Å². The van der Waals surface area contributed by atoms with Gasteiger partial charge in [0, 0.05) is 28.7 Å². The Morgan fingerprint density at radius 1 is 0.789 bits per heavy atom. The zero-order valence-corrected chi connectivity index (χ0v) is 22.6. The number of carbonyl (C=O) groups excluding carboxylic acids is 1. The van der Waals surface area contributed by atoms with Crippen LogP contribution in [0.15, 0.2) is 121 Å². The molecule has 0 bridgehead atoms. The van der Waals surface area contributed by atoms with Crippen molar-refractivity contribution in [2.75, 3.05) is 11.9 Å². The number of allylic oxidation sites excluding steroid dienone is 2. The van der Waals surface area contributed by atoms with Gasteiger partial charge in [0.15, 0.2) is 5.78 Å². The van der Waals surface area contributed by atoms with Gasteiger partial charge in [0.25, 0.3) is 0 Å². The van der Waals surface area contributed by atoms with Crippen molar-refractivity contribution < 1.29 is 4.79 Å². The number of ketones is 1. The summed E-state index contributed by atoms with van der Waals surface area (Å²) in [6.45, 7) is 4.51. The molecule has 2 atom stereocenters. The Morgan fingerprint density at radius 2 is 1.37 bits per heavy atom. The monoisotopic (exact) mass is 515 g/mol. The van der Waals surface area contributed by atoms with E-state index in [2.05, 4.69) is 86.5 Å². The average Bonchev–Trinajstić information content (AvgIpc) is 3.11. The summed E-state index contributed by atoms with van der Waals surface area (Å²) < 4.78 is 0. The molecule has 38 heavy (non-hydrogen) atoms. The molecule has 1 aliphatic carbocycles. The lowest BCUT2D eigenvalue weighted by atomic mass is 9.57. The Bertz CT molecular complexity index is 1570. The van der Waals surface area contributed by atoms with Gasteiger partial charge in [-0.05, 0) is 58.2 Å². The number of carbonyl (C=O) groups is 1. The lowest BCUT2D eigenvalue weighted by Gasteiger charge is -2.52. The first-order chi connectivity index (χ1) is 18.3. The minimum Gasteiger partial charge on any atom is -0.363 e. The Balaban J connectivity index is 1.69. The van der Waals surface area contributed by atoms with E-state index in [0.29, 0.717) is 10.6 Å². The second-order valence-electron chi connectivity index (χ2n) is 10.8. The number of hydrogen-bond donors (Lipinski definition) is 0. The standard InChI is InChI=1S/C35H30ClNO/c1-34(2)30-22-28(36)19-20-31(30)37(3)35(34)23-27(24-13-7-4-8-14-24)21-29(25-15-9-5-10-16-25)32(35)33(38)26-17-11-6-12-18-26/h4-23,32H,1-3H3/t32-,35+/m0/s1. The van der Waals surface area contributed by atoms with Gasteiger partial charge < -0.3 is 4.90 Å². The van der Waals surface area contributed by atoms with Gasteiger partial charge in [-0.15, -0.1) is 0 Å². The average molecular weight is 516 g/mol. The highest BCUT2D eigenvalue weighted by Crippen LogP contribution is 2.60. The summed E-state index contributed by atoms with van der Waals surface area (Å²) in [5.74, 6) is -0.339. The molecule has 0 fully saturated rings. The summed E-state index contributed by atoms with van der Waals surface area (Å²) in [5.41, 5.74) is 6.17. The molecule has 0 amide bonds. The molecule has 0 N–H and O–H groups in total. The van der Waals surface area contributed by atoms with Gasteiger partial charge in [-0.1, -0.05) is 116 Å². The summed E-state index contributed by atoms with van der Waals surface area (Å²) in [7, 11) is 2.12. The van der Waals surface area contributed by atoms with Gasteiger partial charge in [-0.2, -0.15) is 0 Å². The van der Waals surface area contributed by atoms with Crippen molar-refractivity contribution in [3.63, 3.8) is 0 Å². The molecule has 0 unspecified atom stereocenters. The summed E-state index contributed by atoms with van der Waals surface area (Å²) >= 11 is 6.56. The molecule has 0 radical (unpaired) electrons. The molecule has 1 aliphatic heterocycles. The largest absolute Gasteiger partial charge is 0.363 e. The van der Waals surface area contributed by atoms with Crippen molar-refractivity contribution >= 4 is 34.2 Å². The first-order valence-corrected chi connectivity index (χ1v) is 13.4. The molecule has 1 spiro atoms. The van der Waals surface area contributed by atoms with Crippen LogP contribution in [-0.2, 0) is 5.41 Å². The minimum absolute atomic E-state index is 0.114. The smallest absolute Gasteiger partial charge is 0.173 e. The number of fused-ring (bicyclic) bond motifs is 1. The maximum atomic E-state index is 14.7. The summed E-state index contributed by atoms with van der Waals surface area (Å²) in [5, 5.41) is 0.704. The SMILES string of the molecule is CN1c2ccc(Cl)cc2C(C)(C)[C@]12C=C(c1ccccc1)C=C(c1ccccc1)[C@H]2C(=O)c1ccccc1. The highest BCUT2D eigenvalue weighted by atomic mass is 35.5. The molecule has 0 saturated carbocycles. The Morgan fingerprint density at radius 3 is 2.00 bits per heavy atom. The van der Waals surface area contributed by atoms with Crippen LogP contribution in [0.25, 0.3) is 11.1 Å². The first-order valence-electron chi connectivity index (χ1n) is 13.0. The predicted octanol–water partition coefficient (Wildman–Crippen LogP) is 8.49. The third-order valence-electron chi connectivity index (χ3n) is 8.52. The molecule has 0 saturated heterocycles. The number of halogens is 1. The third-order valence-corrected chi connectivity index (χ3v) is 8.76. The van der Waals surface area contributed by atoms with Crippen molar-refractivity contribution in [3.05, 3.63) is 149 Å². The second kappa shape index (κ2) is 9.15. The quantitative estimate of drug-likeness (QED) is 0.254. The summed E-state index contributed by atoms with van der Waals surface area (Å²) in [6.07, 6.45) is 4.56. The number of Topliss-reactive ketones (excluding diaryl/α,β-unsaturated/α-hetero) is 1. The highest BCUT2D eigenvalue weighted by Gasteiger charge is 2.62. The lowest BCUT2D eigenvalue weighted by molar-refractivity contribution is 0.0885. The topological polar surface area (TPSA) is 20.3 Å². The van der Waals surface area contributed by atoms with Crippen LogP contribution < -0.4 is 4.90 Å². The van der Waals surface area contributed by atoms with Gasteiger partial charge in [-0.25, -0.2) is 0 Å². The van der Waals surface area contributed by atoms with E-state index in [9.17, 15) is 4.79 Å². The van der Waals surface area contributed by atoms with E-state index >= 15 is 0 Å². The molecule has 0 aromatic heterocycles. The number of anilines is 1. The van der Waals surface area contributed by atoms with E-state index in [4.69, 9.17) is 11.6 Å². The highest BCUT2D eigenvalue weighted by molar-refractivity contribution is 6.30. The molecule has 2 nitrogen and oxygen atoms in total. The van der Waals surface area contributed by atoms with Crippen molar-refractivity contribution in [1.29, 1.82) is 0 Å². The molecule has 4 aromatic rings. The predicted molar refractivity (Wildman–Crippen MR) is 159 cm³/mol. The van der Waals surface area contributed by atoms with E-state index in [1.54, 1.807) is 0 Å². The van der Waals surface area contributed by atoms with Crippen LogP contribution in [0.4, 0.5) is 5.69 Å². The number of hydrogen-bond acceptors (Lipinski definition) is 2. The fourth-order valence-electron chi connectivity index (χ4n) is 6.61. The zero-order chi connectivity index (χ0) is 26.5. The molecule has 188 valence electrons. The third kappa shape index (κ3) is 3.59. The Hall–Kier alpha value is -3.88. The summed E-state index contributed by atoms with van der Waals surface area (Å²) in [4.78, 5) is 17.0. The van der Waals surface area contributed by atoms with Crippen LogP contribution in [0.2, 0.25) is 5.02 Å². The number of benzene rings is 4. The van der Waals surface area contributed by atoms with Crippen molar-refractivity contribution in [2.45, 2.75) is 24.8 Å². The molecule has 2 aliphatic rings.